The van der Waals surface area contributed by atoms with Crippen molar-refractivity contribution in [3.05, 3.63) is 53.9 Å². The van der Waals surface area contributed by atoms with E-state index in [1.54, 1.807) is 28.4 Å². The molecule has 7 nitrogen and oxygen atoms in total. The summed E-state index contributed by atoms with van der Waals surface area (Å²) >= 11 is 0. The van der Waals surface area contributed by atoms with E-state index in [0.29, 0.717) is 29.4 Å². The first-order chi connectivity index (χ1) is 14.5. The quantitative estimate of drug-likeness (QED) is 0.419. The Morgan fingerprint density at radius 3 is 2.07 bits per heavy atom. The van der Waals surface area contributed by atoms with Crippen LogP contribution in [0.5, 0.6) is 23.0 Å². The largest absolute Gasteiger partial charge is 0.493 e. The van der Waals surface area contributed by atoms with E-state index in [9.17, 15) is 4.79 Å². The van der Waals surface area contributed by atoms with Gasteiger partial charge in [-0.3, -0.25) is 0 Å². The number of ether oxygens (including phenoxy) is 5. The van der Waals surface area contributed by atoms with E-state index >= 15 is 0 Å². The summed E-state index contributed by atoms with van der Waals surface area (Å²) < 4.78 is 28.5. The first-order valence-corrected chi connectivity index (χ1v) is 9.39. The van der Waals surface area contributed by atoms with Crippen LogP contribution in [0.2, 0.25) is 0 Å². The van der Waals surface area contributed by atoms with Gasteiger partial charge in [0.2, 0.25) is 6.54 Å². The minimum Gasteiger partial charge on any atom is -0.493 e. The molecule has 0 aliphatic heterocycles. The average Bonchev–Trinajstić information content (AvgIpc) is 2.79. The first kappa shape index (κ1) is 21.2. The average molecular weight is 412 g/mol. The molecule has 30 heavy (non-hydrogen) atoms. The lowest BCUT2D eigenvalue weighted by Crippen LogP contribution is -2.42. The third-order valence-corrected chi connectivity index (χ3v) is 4.99. The monoisotopic (exact) mass is 412 g/mol. The molecule has 0 aliphatic rings. The molecule has 0 amide bonds. The summed E-state index contributed by atoms with van der Waals surface area (Å²) in [6, 6.07) is 11.6. The van der Waals surface area contributed by atoms with Gasteiger partial charge in [0.1, 0.15) is 0 Å². The second-order valence-corrected chi connectivity index (χ2v) is 6.63. The van der Waals surface area contributed by atoms with E-state index in [4.69, 9.17) is 23.7 Å². The zero-order valence-corrected chi connectivity index (χ0v) is 17.9. The Bertz CT molecular complexity index is 1060. The maximum atomic E-state index is 12.0. The molecule has 0 saturated carbocycles. The molecule has 3 aromatic rings. The number of esters is 1. The number of nitrogens with zero attached hydrogens (tertiary/aromatic N) is 1. The van der Waals surface area contributed by atoms with Crippen LogP contribution in [0, 0.1) is 0 Å². The summed E-state index contributed by atoms with van der Waals surface area (Å²) in [5.41, 5.74) is 1.94. The van der Waals surface area contributed by atoms with Crippen molar-refractivity contribution in [3.8, 4) is 23.0 Å². The minimum atomic E-state index is -0.326. The van der Waals surface area contributed by atoms with Gasteiger partial charge < -0.3 is 23.7 Å². The van der Waals surface area contributed by atoms with Crippen LogP contribution < -0.4 is 23.5 Å². The molecular formula is C23H26NO6+. The van der Waals surface area contributed by atoms with Crippen LogP contribution in [0.15, 0.2) is 42.6 Å². The predicted octanol–water partition coefficient (Wildman–Crippen LogP) is 2.93. The fraction of sp³-hybridized carbons (Fsp3) is 0.304. The Labute approximate surface area is 175 Å². The van der Waals surface area contributed by atoms with Crippen molar-refractivity contribution in [3.63, 3.8) is 0 Å². The fourth-order valence-electron chi connectivity index (χ4n) is 3.43. The molecule has 0 unspecified atom stereocenters. The smallest absolute Gasteiger partial charge is 0.372 e. The summed E-state index contributed by atoms with van der Waals surface area (Å²) in [4.78, 5) is 12.0. The molecule has 0 saturated heterocycles. The normalized spacial score (nSPS) is 10.6. The van der Waals surface area contributed by atoms with E-state index < -0.39 is 0 Å². The maximum Gasteiger partial charge on any atom is 0.372 e. The van der Waals surface area contributed by atoms with Crippen molar-refractivity contribution in [2.75, 3.05) is 35.5 Å². The second kappa shape index (κ2) is 9.35. The van der Waals surface area contributed by atoms with Gasteiger partial charge in [0.25, 0.3) is 0 Å². The standard InChI is InChI=1S/C23H26NO6/c1-26-19-7-6-15(11-20(19)27-2)10-18-17-13-22(29-4)21(28-3)12-16(17)8-9-24(18)14-23(25)30-5/h6-9,11-13H,10,14H2,1-5H3/q+1. The summed E-state index contributed by atoms with van der Waals surface area (Å²) in [5.74, 6) is 2.25. The molecule has 158 valence electrons. The van der Waals surface area contributed by atoms with Crippen molar-refractivity contribution in [1.82, 2.24) is 0 Å². The topological polar surface area (TPSA) is 67.1 Å². The van der Waals surface area contributed by atoms with Crippen LogP contribution in [0.3, 0.4) is 0 Å². The van der Waals surface area contributed by atoms with Gasteiger partial charge >= 0.3 is 5.97 Å². The van der Waals surface area contributed by atoms with Crippen LogP contribution >= 0.6 is 0 Å². The highest BCUT2D eigenvalue weighted by atomic mass is 16.5. The fourth-order valence-corrected chi connectivity index (χ4v) is 3.43. The Morgan fingerprint density at radius 2 is 1.43 bits per heavy atom. The zero-order chi connectivity index (χ0) is 21.7. The van der Waals surface area contributed by atoms with Crippen molar-refractivity contribution in [1.29, 1.82) is 0 Å². The lowest BCUT2D eigenvalue weighted by Gasteiger charge is -2.13. The molecule has 3 rings (SSSR count). The SMILES string of the molecule is COC(=O)C[n+]1ccc2cc(OC)c(OC)cc2c1Cc1ccc(OC)c(OC)c1. The van der Waals surface area contributed by atoms with Gasteiger partial charge in [-0.2, -0.15) is 4.57 Å². The molecule has 1 aromatic heterocycles. The van der Waals surface area contributed by atoms with Gasteiger partial charge in [-0.25, -0.2) is 4.79 Å². The van der Waals surface area contributed by atoms with Crippen LogP contribution in [0.25, 0.3) is 10.8 Å². The van der Waals surface area contributed by atoms with Gasteiger partial charge in [0, 0.05) is 6.07 Å². The molecule has 1 heterocycles. The number of carbonyl (C=O) groups is 1. The van der Waals surface area contributed by atoms with Crippen LogP contribution in [-0.4, -0.2) is 41.5 Å². The highest BCUT2D eigenvalue weighted by Gasteiger charge is 2.22. The predicted molar refractivity (Wildman–Crippen MR) is 112 cm³/mol. The van der Waals surface area contributed by atoms with E-state index in [0.717, 1.165) is 22.0 Å². The molecule has 0 radical (unpaired) electrons. The highest BCUT2D eigenvalue weighted by molar-refractivity contribution is 5.87. The lowest BCUT2D eigenvalue weighted by molar-refractivity contribution is -0.691. The number of carbonyl (C=O) groups excluding carboxylic acids is 1. The van der Waals surface area contributed by atoms with Crippen molar-refractivity contribution < 1.29 is 33.0 Å². The van der Waals surface area contributed by atoms with E-state index in [-0.39, 0.29) is 12.5 Å². The third kappa shape index (κ3) is 4.25. The Morgan fingerprint density at radius 1 is 0.800 bits per heavy atom. The third-order valence-electron chi connectivity index (χ3n) is 4.99. The summed E-state index contributed by atoms with van der Waals surface area (Å²) in [6.07, 6.45) is 2.44. The van der Waals surface area contributed by atoms with Crippen molar-refractivity contribution >= 4 is 16.7 Å². The summed E-state index contributed by atoms with van der Waals surface area (Å²) in [5, 5.41) is 1.93. The van der Waals surface area contributed by atoms with Crippen LogP contribution in [0.1, 0.15) is 11.3 Å². The molecule has 7 heteroatoms. The highest BCUT2D eigenvalue weighted by Crippen LogP contribution is 2.34. The lowest BCUT2D eigenvalue weighted by atomic mass is 10.0. The van der Waals surface area contributed by atoms with Gasteiger partial charge in [-0.1, -0.05) is 6.07 Å². The molecule has 2 aromatic carbocycles. The van der Waals surface area contributed by atoms with Crippen LogP contribution in [-0.2, 0) is 22.5 Å². The number of rotatable bonds is 8. The maximum absolute atomic E-state index is 12.0. The number of fused-ring (bicyclic) bond motifs is 1. The molecule has 0 fully saturated rings. The number of hydrogen-bond donors (Lipinski definition) is 0. The Balaban J connectivity index is 2.17. The summed E-state index contributed by atoms with van der Waals surface area (Å²) in [7, 11) is 7.80. The molecule has 0 atom stereocenters. The van der Waals surface area contributed by atoms with Gasteiger partial charge in [-0.05, 0) is 35.2 Å². The van der Waals surface area contributed by atoms with Gasteiger partial charge in [0.05, 0.1) is 47.4 Å². The number of pyridine rings is 1. The molecule has 0 N–H and O–H groups in total. The number of benzene rings is 2. The van der Waals surface area contributed by atoms with Crippen molar-refractivity contribution in [2.45, 2.75) is 13.0 Å². The minimum absolute atomic E-state index is 0.101. The van der Waals surface area contributed by atoms with Crippen molar-refractivity contribution in [2.24, 2.45) is 0 Å². The Hall–Kier alpha value is -3.48. The molecule has 0 bridgehead atoms. The summed E-state index contributed by atoms with van der Waals surface area (Å²) in [6.45, 7) is 0.101. The zero-order valence-electron chi connectivity index (χ0n) is 17.9. The van der Waals surface area contributed by atoms with Gasteiger partial charge in [-0.15, -0.1) is 0 Å². The van der Waals surface area contributed by atoms with E-state index in [2.05, 4.69) is 0 Å². The molecule has 0 aliphatic carbocycles. The molecule has 0 spiro atoms. The van der Waals surface area contributed by atoms with Crippen LogP contribution in [0.4, 0.5) is 0 Å². The number of hydrogen-bond acceptors (Lipinski definition) is 6. The van der Waals surface area contributed by atoms with E-state index in [1.807, 2.05) is 47.2 Å². The van der Waals surface area contributed by atoms with E-state index in [1.165, 1.54) is 7.11 Å². The van der Waals surface area contributed by atoms with Gasteiger partial charge in [0.15, 0.2) is 34.9 Å². The molecular weight excluding hydrogens is 386 g/mol. The Kier molecular flexibility index (Phi) is 6.61. The first-order valence-electron chi connectivity index (χ1n) is 9.39. The number of methoxy groups -OCH3 is 5. The number of aromatic nitrogens is 1. The second-order valence-electron chi connectivity index (χ2n) is 6.63.